The van der Waals surface area contributed by atoms with Gasteiger partial charge in [-0.2, -0.15) is 0 Å². The molecule has 2 atom stereocenters. The zero-order valence-electron chi connectivity index (χ0n) is 11.0. The lowest BCUT2D eigenvalue weighted by atomic mass is 10.2. The molecule has 2 unspecified atom stereocenters. The van der Waals surface area contributed by atoms with Gasteiger partial charge in [0.05, 0.1) is 18.6 Å². The average Bonchev–Trinajstić information content (AvgIpc) is 2.76. The molecule has 0 bridgehead atoms. The summed E-state index contributed by atoms with van der Waals surface area (Å²) < 4.78 is 5.31. The highest BCUT2D eigenvalue weighted by molar-refractivity contribution is 5.75. The van der Waals surface area contributed by atoms with Crippen molar-refractivity contribution < 1.29 is 19.4 Å². The SMILES string of the molecule is CCN(CCC(=O)O)C(=O)NC1CCCC1OC. The fourth-order valence-corrected chi connectivity index (χ4v) is 2.26. The Morgan fingerprint density at radius 3 is 2.72 bits per heavy atom. The predicted octanol–water partition coefficient (Wildman–Crippen LogP) is 1.06. The van der Waals surface area contributed by atoms with Gasteiger partial charge in [0.2, 0.25) is 0 Å². The largest absolute Gasteiger partial charge is 0.481 e. The number of nitrogens with one attached hydrogen (secondary N) is 1. The lowest BCUT2D eigenvalue weighted by Gasteiger charge is -2.25. The number of methoxy groups -OCH3 is 1. The second kappa shape index (κ2) is 7.20. The van der Waals surface area contributed by atoms with Crippen molar-refractivity contribution in [3.8, 4) is 0 Å². The molecule has 6 nitrogen and oxygen atoms in total. The van der Waals surface area contributed by atoms with Crippen LogP contribution in [0.5, 0.6) is 0 Å². The number of rotatable bonds is 6. The molecular weight excluding hydrogens is 236 g/mol. The maximum absolute atomic E-state index is 12.0. The normalized spacial score (nSPS) is 22.8. The van der Waals surface area contributed by atoms with Crippen molar-refractivity contribution in [3.63, 3.8) is 0 Å². The number of carboxylic acids is 1. The first-order valence-electron chi connectivity index (χ1n) is 6.38. The van der Waals surface area contributed by atoms with Crippen molar-refractivity contribution in [2.45, 2.75) is 44.8 Å². The van der Waals surface area contributed by atoms with Crippen LogP contribution in [0.4, 0.5) is 4.79 Å². The highest BCUT2D eigenvalue weighted by atomic mass is 16.5. The van der Waals surface area contributed by atoms with Gasteiger partial charge in [-0.25, -0.2) is 4.79 Å². The van der Waals surface area contributed by atoms with Crippen molar-refractivity contribution in [2.75, 3.05) is 20.2 Å². The van der Waals surface area contributed by atoms with Crippen LogP contribution in [0.1, 0.15) is 32.6 Å². The fourth-order valence-electron chi connectivity index (χ4n) is 2.26. The summed E-state index contributed by atoms with van der Waals surface area (Å²) in [6, 6.07) is -0.158. The molecule has 0 saturated heterocycles. The summed E-state index contributed by atoms with van der Waals surface area (Å²) >= 11 is 0. The molecule has 0 radical (unpaired) electrons. The number of carboxylic acid groups (broad SMARTS) is 1. The lowest BCUT2D eigenvalue weighted by molar-refractivity contribution is -0.137. The third-order valence-corrected chi connectivity index (χ3v) is 3.33. The number of aliphatic carboxylic acids is 1. The molecule has 0 aromatic rings. The summed E-state index contributed by atoms with van der Waals surface area (Å²) in [5, 5.41) is 11.5. The van der Waals surface area contributed by atoms with E-state index < -0.39 is 5.97 Å². The highest BCUT2D eigenvalue weighted by Gasteiger charge is 2.29. The van der Waals surface area contributed by atoms with E-state index in [9.17, 15) is 9.59 Å². The number of hydrogen-bond donors (Lipinski definition) is 2. The van der Waals surface area contributed by atoms with E-state index in [0.29, 0.717) is 6.54 Å². The quantitative estimate of drug-likeness (QED) is 0.746. The molecule has 104 valence electrons. The van der Waals surface area contributed by atoms with Crippen molar-refractivity contribution >= 4 is 12.0 Å². The number of amides is 2. The molecule has 1 aliphatic carbocycles. The number of carbonyl (C=O) groups is 2. The number of ether oxygens (including phenoxy) is 1. The number of urea groups is 1. The van der Waals surface area contributed by atoms with Gasteiger partial charge in [-0.3, -0.25) is 4.79 Å². The fraction of sp³-hybridized carbons (Fsp3) is 0.833. The molecular formula is C12H22N2O4. The van der Waals surface area contributed by atoms with Crippen LogP contribution in [0, 0.1) is 0 Å². The van der Waals surface area contributed by atoms with E-state index in [1.54, 1.807) is 7.11 Å². The van der Waals surface area contributed by atoms with Crippen molar-refractivity contribution in [1.29, 1.82) is 0 Å². The Morgan fingerprint density at radius 2 is 2.17 bits per heavy atom. The minimum absolute atomic E-state index is 0.0281. The Kier molecular flexibility index (Phi) is 5.91. The van der Waals surface area contributed by atoms with E-state index in [4.69, 9.17) is 9.84 Å². The third-order valence-electron chi connectivity index (χ3n) is 3.33. The van der Waals surface area contributed by atoms with Gasteiger partial charge in [-0.1, -0.05) is 0 Å². The topological polar surface area (TPSA) is 78.9 Å². The second-order valence-electron chi connectivity index (χ2n) is 4.48. The Hall–Kier alpha value is -1.30. The summed E-state index contributed by atoms with van der Waals surface area (Å²) in [7, 11) is 1.65. The van der Waals surface area contributed by atoms with Crippen molar-refractivity contribution in [2.24, 2.45) is 0 Å². The monoisotopic (exact) mass is 258 g/mol. The van der Waals surface area contributed by atoms with E-state index >= 15 is 0 Å². The van der Waals surface area contributed by atoms with Crippen LogP contribution in [-0.2, 0) is 9.53 Å². The van der Waals surface area contributed by atoms with E-state index in [2.05, 4.69) is 5.32 Å². The van der Waals surface area contributed by atoms with Crippen LogP contribution in [0.25, 0.3) is 0 Å². The first-order chi connectivity index (χ1) is 8.58. The van der Waals surface area contributed by atoms with Gasteiger partial charge in [-0.15, -0.1) is 0 Å². The highest BCUT2D eigenvalue weighted by Crippen LogP contribution is 2.21. The molecule has 2 N–H and O–H groups in total. The van der Waals surface area contributed by atoms with Crippen LogP contribution in [-0.4, -0.2) is 54.4 Å². The molecule has 18 heavy (non-hydrogen) atoms. The molecule has 0 heterocycles. The molecule has 1 fully saturated rings. The number of hydrogen-bond acceptors (Lipinski definition) is 3. The minimum Gasteiger partial charge on any atom is -0.481 e. The van der Waals surface area contributed by atoms with Gasteiger partial charge in [-0.05, 0) is 26.2 Å². The average molecular weight is 258 g/mol. The van der Waals surface area contributed by atoms with Gasteiger partial charge in [0, 0.05) is 20.2 Å². The zero-order chi connectivity index (χ0) is 13.5. The molecule has 2 amide bonds. The predicted molar refractivity (Wildman–Crippen MR) is 66.5 cm³/mol. The summed E-state index contributed by atoms with van der Waals surface area (Å²) in [6.07, 6.45) is 2.97. The number of carbonyl (C=O) groups excluding carboxylic acids is 1. The molecule has 6 heteroatoms. The Labute approximate surface area is 107 Å². The standard InChI is InChI=1S/C12H22N2O4/c1-3-14(8-7-11(15)16)12(17)13-9-5-4-6-10(9)18-2/h9-10H,3-8H2,1-2H3,(H,13,17)(H,15,16). The Bertz CT molecular complexity index is 296. The van der Waals surface area contributed by atoms with E-state index in [-0.39, 0.29) is 31.1 Å². The molecule has 1 rings (SSSR count). The molecule has 0 spiro atoms. The lowest BCUT2D eigenvalue weighted by Crippen LogP contribution is -2.48. The summed E-state index contributed by atoms with van der Waals surface area (Å²) in [5.74, 6) is -0.892. The Morgan fingerprint density at radius 1 is 1.44 bits per heavy atom. The van der Waals surface area contributed by atoms with Crippen molar-refractivity contribution in [3.05, 3.63) is 0 Å². The molecule has 0 aliphatic heterocycles. The second-order valence-corrected chi connectivity index (χ2v) is 4.48. The smallest absolute Gasteiger partial charge is 0.317 e. The summed E-state index contributed by atoms with van der Waals surface area (Å²) in [6.45, 7) is 2.58. The van der Waals surface area contributed by atoms with Crippen LogP contribution < -0.4 is 5.32 Å². The summed E-state index contributed by atoms with van der Waals surface area (Å²) in [4.78, 5) is 24.0. The molecule has 1 aliphatic rings. The Balaban J connectivity index is 2.43. The van der Waals surface area contributed by atoms with Gasteiger partial charge in [0.15, 0.2) is 0 Å². The van der Waals surface area contributed by atoms with Gasteiger partial charge < -0.3 is 20.1 Å². The maximum atomic E-state index is 12.0. The van der Waals surface area contributed by atoms with Crippen LogP contribution in [0.15, 0.2) is 0 Å². The molecule has 0 aromatic heterocycles. The third kappa shape index (κ3) is 4.18. The zero-order valence-corrected chi connectivity index (χ0v) is 11.0. The van der Waals surface area contributed by atoms with Crippen LogP contribution in [0.2, 0.25) is 0 Å². The van der Waals surface area contributed by atoms with E-state index in [1.165, 1.54) is 4.90 Å². The van der Waals surface area contributed by atoms with Crippen LogP contribution >= 0.6 is 0 Å². The minimum atomic E-state index is -0.892. The van der Waals surface area contributed by atoms with E-state index in [0.717, 1.165) is 19.3 Å². The number of nitrogens with zero attached hydrogens (tertiary/aromatic N) is 1. The van der Waals surface area contributed by atoms with Gasteiger partial charge >= 0.3 is 12.0 Å². The first kappa shape index (κ1) is 14.8. The maximum Gasteiger partial charge on any atom is 0.317 e. The molecule has 0 aromatic carbocycles. The summed E-state index contributed by atoms with van der Waals surface area (Å²) in [5.41, 5.74) is 0. The molecule has 1 saturated carbocycles. The van der Waals surface area contributed by atoms with Crippen molar-refractivity contribution in [1.82, 2.24) is 10.2 Å². The van der Waals surface area contributed by atoms with Crippen LogP contribution in [0.3, 0.4) is 0 Å². The first-order valence-corrected chi connectivity index (χ1v) is 6.38. The van der Waals surface area contributed by atoms with Gasteiger partial charge in [0.1, 0.15) is 0 Å². The van der Waals surface area contributed by atoms with E-state index in [1.807, 2.05) is 6.92 Å². The van der Waals surface area contributed by atoms with Gasteiger partial charge in [0.25, 0.3) is 0 Å².